The molecule has 18 heavy (non-hydrogen) atoms. The minimum atomic E-state index is -0.734. The van der Waals surface area contributed by atoms with Crippen LogP contribution in [0.2, 0.25) is 0 Å². The van der Waals surface area contributed by atoms with Gasteiger partial charge in [0.1, 0.15) is 5.60 Å². The number of rotatable bonds is 6. The number of nitrogens with one attached hydrogen (secondary N) is 2. The molecule has 0 radical (unpaired) electrons. The first-order valence-corrected chi connectivity index (χ1v) is 7.13. The Balaban J connectivity index is 2.12. The lowest BCUT2D eigenvalue weighted by molar-refractivity contribution is -0.139. The monoisotopic (exact) mass is 256 g/mol. The Morgan fingerprint density at radius 3 is 2.33 bits per heavy atom. The Bertz CT molecular complexity index is 246. The van der Waals surface area contributed by atoms with Crippen molar-refractivity contribution in [3.8, 4) is 0 Å². The van der Waals surface area contributed by atoms with Crippen LogP contribution in [0.4, 0.5) is 0 Å². The summed E-state index contributed by atoms with van der Waals surface area (Å²) in [6.45, 7) is 5.07. The van der Waals surface area contributed by atoms with Crippen LogP contribution in [0.25, 0.3) is 0 Å². The van der Waals surface area contributed by atoms with Gasteiger partial charge in [-0.05, 0) is 26.7 Å². The second-order valence-electron chi connectivity index (χ2n) is 5.61. The fourth-order valence-electron chi connectivity index (χ4n) is 2.24. The molecule has 0 atom stereocenters. The summed E-state index contributed by atoms with van der Waals surface area (Å²) in [4.78, 5) is 11.7. The first kappa shape index (κ1) is 15.4. The smallest absolute Gasteiger partial charge is 0.251 e. The van der Waals surface area contributed by atoms with Crippen molar-refractivity contribution in [2.24, 2.45) is 0 Å². The third kappa shape index (κ3) is 5.36. The molecule has 0 unspecified atom stereocenters. The minimum absolute atomic E-state index is 0.0485. The summed E-state index contributed by atoms with van der Waals surface area (Å²) in [6.07, 6.45) is 7.96. The van der Waals surface area contributed by atoms with Crippen molar-refractivity contribution in [1.82, 2.24) is 10.6 Å². The number of methoxy groups -OCH3 is 1. The predicted molar refractivity (Wildman–Crippen MR) is 73.6 cm³/mol. The van der Waals surface area contributed by atoms with E-state index < -0.39 is 5.60 Å². The number of carbonyl (C=O) groups excluding carboxylic acids is 1. The van der Waals surface area contributed by atoms with Crippen LogP contribution in [0, 0.1) is 0 Å². The molecule has 1 aliphatic carbocycles. The van der Waals surface area contributed by atoms with E-state index in [0.717, 1.165) is 6.54 Å². The summed E-state index contributed by atoms with van der Waals surface area (Å²) in [5, 5.41) is 6.43. The summed E-state index contributed by atoms with van der Waals surface area (Å²) in [7, 11) is 1.56. The lowest BCUT2D eigenvalue weighted by Crippen LogP contribution is -2.46. The van der Waals surface area contributed by atoms with Crippen molar-refractivity contribution >= 4 is 5.91 Å². The Morgan fingerprint density at radius 2 is 1.78 bits per heavy atom. The second kappa shape index (κ2) is 7.74. The van der Waals surface area contributed by atoms with Gasteiger partial charge in [0.05, 0.1) is 0 Å². The Kier molecular flexibility index (Phi) is 6.65. The number of hydrogen-bond donors (Lipinski definition) is 2. The molecule has 1 saturated carbocycles. The molecular formula is C14H28N2O2. The maximum atomic E-state index is 11.7. The van der Waals surface area contributed by atoms with Gasteiger partial charge in [-0.2, -0.15) is 0 Å². The second-order valence-corrected chi connectivity index (χ2v) is 5.61. The molecule has 2 N–H and O–H groups in total. The highest BCUT2D eigenvalue weighted by molar-refractivity contribution is 5.84. The maximum absolute atomic E-state index is 11.7. The molecule has 1 aliphatic rings. The average Bonchev–Trinajstić information content (AvgIpc) is 2.62. The maximum Gasteiger partial charge on any atom is 0.251 e. The third-order valence-corrected chi connectivity index (χ3v) is 3.76. The molecule has 0 spiro atoms. The molecule has 0 heterocycles. The number of carbonyl (C=O) groups is 1. The molecule has 0 aromatic rings. The lowest BCUT2D eigenvalue weighted by Gasteiger charge is -2.22. The lowest BCUT2D eigenvalue weighted by atomic mass is 10.1. The molecule has 1 fully saturated rings. The van der Waals surface area contributed by atoms with E-state index in [2.05, 4.69) is 10.6 Å². The van der Waals surface area contributed by atoms with Crippen molar-refractivity contribution in [2.75, 3.05) is 20.2 Å². The molecule has 0 aliphatic heterocycles. The largest absolute Gasteiger partial charge is 0.369 e. The molecule has 0 saturated heterocycles. The van der Waals surface area contributed by atoms with Gasteiger partial charge < -0.3 is 15.4 Å². The molecule has 1 amide bonds. The quantitative estimate of drug-likeness (QED) is 0.563. The van der Waals surface area contributed by atoms with Gasteiger partial charge in [0.25, 0.3) is 5.91 Å². The van der Waals surface area contributed by atoms with Crippen LogP contribution in [0.3, 0.4) is 0 Å². The first-order valence-electron chi connectivity index (χ1n) is 7.13. The zero-order valence-electron chi connectivity index (χ0n) is 12.1. The van der Waals surface area contributed by atoms with Gasteiger partial charge >= 0.3 is 0 Å². The number of amides is 1. The van der Waals surface area contributed by atoms with Gasteiger partial charge in [0, 0.05) is 26.2 Å². The van der Waals surface area contributed by atoms with Crippen molar-refractivity contribution in [3.63, 3.8) is 0 Å². The van der Waals surface area contributed by atoms with E-state index in [0.29, 0.717) is 12.6 Å². The molecule has 0 bridgehead atoms. The van der Waals surface area contributed by atoms with Crippen LogP contribution < -0.4 is 10.6 Å². The van der Waals surface area contributed by atoms with Gasteiger partial charge in [-0.3, -0.25) is 4.79 Å². The first-order chi connectivity index (χ1) is 8.56. The van der Waals surface area contributed by atoms with E-state index in [9.17, 15) is 4.79 Å². The standard InChI is InChI=1S/C14H28N2O2/c1-14(2,18-3)13(17)16-11-10-15-12-8-6-4-5-7-9-12/h12,15H,4-11H2,1-3H3,(H,16,17). The molecule has 0 aromatic heterocycles. The molecule has 1 rings (SSSR count). The molecule has 4 nitrogen and oxygen atoms in total. The van der Waals surface area contributed by atoms with Crippen molar-refractivity contribution in [3.05, 3.63) is 0 Å². The van der Waals surface area contributed by atoms with Gasteiger partial charge in [0.2, 0.25) is 0 Å². The van der Waals surface area contributed by atoms with Crippen molar-refractivity contribution < 1.29 is 9.53 Å². The molecule has 0 aromatic carbocycles. The Morgan fingerprint density at radius 1 is 1.17 bits per heavy atom. The fourth-order valence-corrected chi connectivity index (χ4v) is 2.24. The number of ether oxygens (including phenoxy) is 1. The molecular weight excluding hydrogens is 228 g/mol. The summed E-state index contributed by atoms with van der Waals surface area (Å²) < 4.78 is 5.13. The van der Waals surface area contributed by atoms with Crippen LogP contribution in [-0.4, -0.2) is 37.7 Å². The molecule has 4 heteroatoms. The topological polar surface area (TPSA) is 50.4 Å². The average molecular weight is 256 g/mol. The molecule has 106 valence electrons. The number of hydrogen-bond acceptors (Lipinski definition) is 3. The van der Waals surface area contributed by atoms with Gasteiger partial charge in [0.15, 0.2) is 0 Å². The van der Waals surface area contributed by atoms with Crippen molar-refractivity contribution in [2.45, 2.75) is 64.0 Å². The third-order valence-electron chi connectivity index (χ3n) is 3.76. The Hall–Kier alpha value is -0.610. The van der Waals surface area contributed by atoms with E-state index in [1.807, 2.05) is 0 Å². The summed E-state index contributed by atoms with van der Waals surface area (Å²) in [5.41, 5.74) is -0.734. The summed E-state index contributed by atoms with van der Waals surface area (Å²) in [5.74, 6) is -0.0485. The normalized spacial score (nSPS) is 18.4. The summed E-state index contributed by atoms with van der Waals surface area (Å²) >= 11 is 0. The van der Waals surface area contributed by atoms with E-state index >= 15 is 0 Å². The van der Waals surface area contributed by atoms with Gasteiger partial charge in [-0.25, -0.2) is 0 Å². The van der Waals surface area contributed by atoms with Crippen LogP contribution in [0.15, 0.2) is 0 Å². The van der Waals surface area contributed by atoms with E-state index in [1.54, 1.807) is 21.0 Å². The van der Waals surface area contributed by atoms with E-state index in [-0.39, 0.29) is 5.91 Å². The van der Waals surface area contributed by atoms with Crippen LogP contribution >= 0.6 is 0 Å². The zero-order chi connectivity index (χ0) is 13.4. The van der Waals surface area contributed by atoms with Gasteiger partial charge in [-0.15, -0.1) is 0 Å². The highest BCUT2D eigenvalue weighted by atomic mass is 16.5. The van der Waals surface area contributed by atoms with Crippen LogP contribution in [0.1, 0.15) is 52.4 Å². The summed E-state index contributed by atoms with van der Waals surface area (Å²) in [6, 6.07) is 0.639. The van der Waals surface area contributed by atoms with Crippen LogP contribution in [-0.2, 0) is 9.53 Å². The highest BCUT2D eigenvalue weighted by Crippen LogP contribution is 2.16. The minimum Gasteiger partial charge on any atom is -0.369 e. The van der Waals surface area contributed by atoms with E-state index in [4.69, 9.17) is 4.74 Å². The van der Waals surface area contributed by atoms with E-state index in [1.165, 1.54) is 38.5 Å². The predicted octanol–water partition coefficient (Wildman–Crippen LogP) is 1.84. The van der Waals surface area contributed by atoms with Crippen molar-refractivity contribution in [1.29, 1.82) is 0 Å². The Labute approximate surface area is 111 Å². The fraction of sp³-hybridized carbons (Fsp3) is 0.929. The highest BCUT2D eigenvalue weighted by Gasteiger charge is 2.26. The van der Waals surface area contributed by atoms with Crippen LogP contribution in [0.5, 0.6) is 0 Å². The zero-order valence-corrected chi connectivity index (χ0v) is 12.1. The van der Waals surface area contributed by atoms with Gasteiger partial charge in [-0.1, -0.05) is 25.7 Å². The SMILES string of the molecule is COC(C)(C)C(=O)NCCNC1CCCCCC1.